The maximum Gasteiger partial charge on any atom is 0.446 e. The monoisotopic (exact) mass is 430 g/mol. The van der Waals surface area contributed by atoms with Crippen LogP contribution in [0.3, 0.4) is 0 Å². The van der Waals surface area contributed by atoms with E-state index in [-0.39, 0.29) is 41.5 Å². The van der Waals surface area contributed by atoms with Gasteiger partial charge in [-0.15, -0.1) is 24.8 Å². The summed E-state index contributed by atoms with van der Waals surface area (Å²) in [7, 11) is 0. The molecule has 0 aromatic heterocycles. The molecule has 0 unspecified atom stereocenters. The van der Waals surface area contributed by atoms with Gasteiger partial charge in [-0.2, -0.15) is 26.3 Å². The van der Waals surface area contributed by atoms with Gasteiger partial charge in [0.15, 0.2) is 0 Å². The summed E-state index contributed by atoms with van der Waals surface area (Å²) in [6.07, 6.45) is -5.35. The lowest BCUT2D eigenvalue weighted by Crippen LogP contribution is -2.46. The van der Waals surface area contributed by atoms with E-state index in [2.05, 4.69) is 5.32 Å². The second-order valence-corrected chi connectivity index (χ2v) is 6.38. The van der Waals surface area contributed by atoms with Crippen molar-refractivity contribution in [1.29, 1.82) is 0 Å². The highest BCUT2D eigenvalue weighted by Crippen LogP contribution is 2.38. The van der Waals surface area contributed by atoms with Crippen molar-refractivity contribution in [3.63, 3.8) is 0 Å². The molecule has 11 heteroatoms. The minimum atomic E-state index is -4.41. The molecule has 25 heavy (non-hydrogen) atoms. The third-order valence-electron chi connectivity index (χ3n) is 3.52. The van der Waals surface area contributed by atoms with Crippen molar-refractivity contribution in [2.24, 2.45) is 0 Å². The lowest BCUT2D eigenvalue weighted by molar-refractivity contribution is -0.148. The summed E-state index contributed by atoms with van der Waals surface area (Å²) < 4.78 is 75.5. The number of nitrogens with zero attached hydrogens (tertiary/aromatic N) is 1. The molecule has 146 valence electrons. The highest BCUT2D eigenvalue weighted by molar-refractivity contribution is 8.00. The molecule has 0 saturated carbocycles. The van der Waals surface area contributed by atoms with Crippen molar-refractivity contribution >= 4 is 36.6 Å². The van der Waals surface area contributed by atoms with Crippen molar-refractivity contribution in [2.45, 2.75) is 29.0 Å². The van der Waals surface area contributed by atoms with Crippen LogP contribution in [0.2, 0.25) is 0 Å². The van der Waals surface area contributed by atoms with Crippen molar-refractivity contribution in [3.05, 3.63) is 29.8 Å². The van der Waals surface area contributed by atoms with E-state index in [0.29, 0.717) is 31.7 Å². The van der Waals surface area contributed by atoms with E-state index in [1.165, 1.54) is 24.3 Å². The Labute approximate surface area is 158 Å². The Morgan fingerprint density at radius 3 is 1.92 bits per heavy atom. The van der Waals surface area contributed by atoms with Crippen LogP contribution in [0.1, 0.15) is 18.0 Å². The first-order valence-electron chi connectivity index (χ1n) is 7.01. The minimum absolute atomic E-state index is 0. The fraction of sp³-hybridized carbons (Fsp3) is 0.571. The molecule has 1 fully saturated rings. The van der Waals surface area contributed by atoms with Crippen LogP contribution in [0.15, 0.2) is 29.2 Å². The number of hydrogen-bond acceptors (Lipinski definition) is 3. The fourth-order valence-corrected chi connectivity index (χ4v) is 3.10. The molecule has 1 aliphatic rings. The average Bonchev–Trinajstić information content (AvgIpc) is 2.44. The molecule has 1 aromatic rings. The number of thioether (sulfide) groups is 1. The number of rotatable bonds is 4. The topological polar surface area (TPSA) is 15.3 Å². The van der Waals surface area contributed by atoms with Gasteiger partial charge in [0.25, 0.3) is 0 Å². The van der Waals surface area contributed by atoms with Gasteiger partial charge in [0.2, 0.25) is 0 Å². The van der Waals surface area contributed by atoms with E-state index in [1.807, 2.05) is 0 Å². The summed E-state index contributed by atoms with van der Waals surface area (Å²) >= 11 is -0.276. The Morgan fingerprint density at radius 2 is 1.48 bits per heavy atom. The predicted molar refractivity (Wildman–Crippen MR) is 90.7 cm³/mol. The first kappa shape index (κ1) is 24.7. The summed E-state index contributed by atoms with van der Waals surface area (Å²) in [6, 6.07) is 4.28. The SMILES string of the molecule is Cl.Cl.FC(F)(F)C[C@@H](c1ccc(SC(F)(F)F)cc1)N1CCNCC1. The predicted octanol–water partition coefficient (Wildman–Crippen LogP) is 5.04. The average molecular weight is 431 g/mol. The second kappa shape index (κ2) is 10.1. The Kier molecular flexibility index (Phi) is 9.96. The van der Waals surface area contributed by atoms with Crippen LogP contribution in [0, 0.1) is 0 Å². The minimum Gasteiger partial charge on any atom is -0.314 e. The van der Waals surface area contributed by atoms with E-state index in [4.69, 9.17) is 0 Å². The first-order valence-corrected chi connectivity index (χ1v) is 7.83. The van der Waals surface area contributed by atoms with Gasteiger partial charge in [0.05, 0.1) is 6.42 Å². The molecule has 1 aromatic carbocycles. The van der Waals surface area contributed by atoms with Gasteiger partial charge in [-0.05, 0) is 29.5 Å². The highest BCUT2D eigenvalue weighted by atomic mass is 35.5. The van der Waals surface area contributed by atoms with Crippen molar-refractivity contribution in [2.75, 3.05) is 26.2 Å². The van der Waals surface area contributed by atoms with Crippen LogP contribution >= 0.6 is 36.6 Å². The molecule has 1 saturated heterocycles. The Balaban J connectivity index is 0.00000288. The quantitative estimate of drug-likeness (QED) is 0.531. The molecule has 1 aliphatic heterocycles. The zero-order valence-electron chi connectivity index (χ0n) is 12.9. The van der Waals surface area contributed by atoms with Gasteiger partial charge in [0, 0.05) is 37.1 Å². The maximum absolute atomic E-state index is 12.9. The van der Waals surface area contributed by atoms with Gasteiger partial charge >= 0.3 is 11.7 Å². The molecular weight excluding hydrogens is 413 g/mol. The zero-order chi connectivity index (χ0) is 17.1. The van der Waals surface area contributed by atoms with Crippen molar-refractivity contribution in [1.82, 2.24) is 10.2 Å². The number of hydrogen-bond donors (Lipinski definition) is 1. The van der Waals surface area contributed by atoms with Gasteiger partial charge < -0.3 is 5.32 Å². The lowest BCUT2D eigenvalue weighted by Gasteiger charge is -2.35. The van der Waals surface area contributed by atoms with Crippen molar-refractivity contribution < 1.29 is 26.3 Å². The number of benzene rings is 1. The smallest absolute Gasteiger partial charge is 0.314 e. The van der Waals surface area contributed by atoms with E-state index in [0.717, 1.165) is 0 Å². The largest absolute Gasteiger partial charge is 0.446 e. The van der Waals surface area contributed by atoms with Gasteiger partial charge in [-0.3, -0.25) is 4.90 Å². The van der Waals surface area contributed by atoms with Crippen LogP contribution in [-0.4, -0.2) is 42.8 Å². The summed E-state index contributed by atoms with van der Waals surface area (Å²) in [5, 5.41) is 3.07. The summed E-state index contributed by atoms with van der Waals surface area (Å²) in [5.41, 5.74) is -4.03. The Hall–Kier alpha value is -0.350. The standard InChI is InChI=1S/C14H16F6N2S.2ClH/c15-13(16,17)9-12(22-7-5-21-6-8-22)10-1-3-11(4-2-10)23-14(18,19)20;;/h1-4,12,21H,5-9H2;2*1H/t12-;;/m0../s1. The van der Waals surface area contributed by atoms with Crippen LogP contribution in [0.5, 0.6) is 0 Å². The molecule has 1 heterocycles. The number of piperazine rings is 1. The van der Waals surface area contributed by atoms with E-state index in [9.17, 15) is 26.3 Å². The van der Waals surface area contributed by atoms with Gasteiger partial charge in [-0.1, -0.05) is 12.1 Å². The lowest BCUT2D eigenvalue weighted by atomic mass is 10.0. The third-order valence-corrected chi connectivity index (χ3v) is 4.25. The second-order valence-electron chi connectivity index (χ2n) is 5.24. The first-order chi connectivity index (χ1) is 10.6. The molecule has 1 atom stereocenters. The van der Waals surface area contributed by atoms with Gasteiger partial charge in [-0.25, -0.2) is 0 Å². The van der Waals surface area contributed by atoms with E-state index < -0.39 is 24.1 Å². The van der Waals surface area contributed by atoms with E-state index in [1.54, 1.807) is 4.90 Å². The van der Waals surface area contributed by atoms with Crippen LogP contribution in [0.4, 0.5) is 26.3 Å². The van der Waals surface area contributed by atoms with Gasteiger partial charge in [0.1, 0.15) is 0 Å². The molecule has 1 N–H and O–H groups in total. The fourth-order valence-electron chi connectivity index (χ4n) is 2.56. The summed E-state index contributed by atoms with van der Waals surface area (Å²) in [4.78, 5) is 1.68. The highest BCUT2D eigenvalue weighted by Gasteiger charge is 2.36. The molecular formula is C14H18Cl2F6N2S. The number of nitrogens with one attached hydrogen (secondary N) is 1. The van der Waals surface area contributed by atoms with Crippen molar-refractivity contribution in [3.8, 4) is 0 Å². The zero-order valence-corrected chi connectivity index (χ0v) is 15.3. The summed E-state index contributed by atoms with van der Waals surface area (Å²) in [6.45, 7) is 2.13. The van der Waals surface area contributed by atoms with Crippen LogP contribution < -0.4 is 5.32 Å². The number of halogens is 8. The maximum atomic E-state index is 12.9. The molecule has 2 nitrogen and oxygen atoms in total. The van der Waals surface area contributed by atoms with E-state index >= 15 is 0 Å². The van der Waals surface area contributed by atoms with Crippen LogP contribution in [0.25, 0.3) is 0 Å². The number of alkyl halides is 6. The Morgan fingerprint density at radius 1 is 0.960 bits per heavy atom. The molecule has 0 bridgehead atoms. The molecule has 0 spiro atoms. The molecule has 0 aliphatic carbocycles. The Bertz CT molecular complexity index is 504. The molecule has 2 rings (SSSR count). The normalized spacial score (nSPS) is 17.4. The summed E-state index contributed by atoms with van der Waals surface area (Å²) in [5.74, 6) is 0. The third kappa shape index (κ3) is 8.72. The van der Waals surface area contributed by atoms with Crippen LogP contribution in [-0.2, 0) is 0 Å². The molecule has 0 radical (unpaired) electrons. The molecule has 0 amide bonds.